The minimum absolute atomic E-state index is 0.228. The van der Waals surface area contributed by atoms with Crippen LogP contribution in [-0.4, -0.2) is 32.5 Å². The van der Waals surface area contributed by atoms with Gasteiger partial charge in [0.05, 0.1) is 12.1 Å². The third-order valence-corrected chi connectivity index (χ3v) is 4.02. The van der Waals surface area contributed by atoms with Crippen molar-refractivity contribution in [3.63, 3.8) is 0 Å². The average molecular weight is 324 g/mol. The zero-order chi connectivity index (χ0) is 16.9. The summed E-state index contributed by atoms with van der Waals surface area (Å²) in [5.74, 6) is -0.228. The van der Waals surface area contributed by atoms with Crippen molar-refractivity contribution in [2.45, 2.75) is 31.9 Å². The highest BCUT2D eigenvalue weighted by atomic mass is 16.3. The van der Waals surface area contributed by atoms with Crippen molar-refractivity contribution in [2.75, 3.05) is 0 Å². The van der Waals surface area contributed by atoms with Crippen LogP contribution >= 0.6 is 0 Å². The van der Waals surface area contributed by atoms with Gasteiger partial charge in [-0.2, -0.15) is 15.4 Å². The first-order valence-electron chi connectivity index (χ1n) is 8.03. The molecule has 0 fully saturated rings. The second-order valence-corrected chi connectivity index (χ2v) is 5.75. The second kappa shape index (κ2) is 7.23. The summed E-state index contributed by atoms with van der Waals surface area (Å²) < 4.78 is 0. The maximum atomic E-state index is 12.6. The summed E-state index contributed by atoms with van der Waals surface area (Å²) in [5, 5.41) is 24.0. The number of nitrogens with zero attached hydrogens (tertiary/aromatic N) is 2. The first-order chi connectivity index (χ1) is 11.7. The highest BCUT2D eigenvalue weighted by Crippen LogP contribution is 2.20. The lowest BCUT2D eigenvalue weighted by Gasteiger charge is -2.24. The van der Waals surface area contributed by atoms with Gasteiger partial charge in [-0.15, -0.1) is 0 Å². The van der Waals surface area contributed by atoms with Gasteiger partial charge in [-0.05, 0) is 30.2 Å². The largest absolute Gasteiger partial charge is 0.386 e. The number of aromatic nitrogens is 3. The Balaban J connectivity index is 1.78. The fraction of sp³-hybridized carbons (Fsp3) is 0.278. The van der Waals surface area contributed by atoms with Gasteiger partial charge in [-0.25, -0.2) is 0 Å². The molecule has 0 aliphatic carbocycles. The zero-order valence-corrected chi connectivity index (χ0v) is 13.4. The van der Waals surface area contributed by atoms with Crippen LogP contribution in [0.4, 0.5) is 0 Å². The van der Waals surface area contributed by atoms with E-state index in [-0.39, 0.29) is 11.9 Å². The number of hydrogen-bond acceptors (Lipinski definition) is 4. The van der Waals surface area contributed by atoms with Crippen molar-refractivity contribution in [1.29, 1.82) is 0 Å². The molecular weight excluding hydrogens is 304 g/mol. The lowest BCUT2D eigenvalue weighted by molar-refractivity contribution is 0.0820. The minimum Gasteiger partial charge on any atom is -0.386 e. The number of carbonyl (C=O) groups is 1. The topological polar surface area (TPSA) is 90.9 Å². The van der Waals surface area contributed by atoms with Crippen LogP contribution in [0.3, 0.4) is 0 Å². The van der Waals surface area contributed by atoms with Crippen LogP contribution in [0.5, 0.6) is 0 Å². The summed E-state index contributed by atoms with van der Waals surface area (Å²) in [6.45, 7) is 2.03. The lowest BCUT2D eigenvalue weighted by Crippen LogP contribution is -2.39. The number of aliphatic hydroxyl groups is 1. The molecule has 6 nitrogen and oxygen atoms in total. The van der Waals surface area contributed by atoms with Gasteiger partial charge < -0.3 is 10.4 Å². The van der Waals surface area contributed by atoms with Crippen molar-refractivity contribution < 1.29 is 9.90 Å². The standard InChI is InChI=1S/C18H20N4O2/c1-2-6-15(17(23)12-7-4-3-5-8-12)19-18(24)13-9-10-14-16(11-13)21-22-20-14/h3-5,7-11,15,17,23H,2,6H2,1H3,(H,19,24)(H,20,21,22)/t15-,17+/m1/s1. The number of aliphatic hydroxyl groups excluding tert-OH is 1. The van der Waals surface area contributed by atoms with E-state index in [4.69, 9.17) is 0 Å². The van der Waals surface area contributed by atoms with Gasteiger partial charge in [0.2, 0.25) is 0 Å². The maximum absolute atomic E-state index is 12.6. The maximum Gasteiger partial charge on any atom is 0.251 e. The predicted molar refractivity (Wildman–Crippen MR) is 91.5 cm³/mol. The molecule has 0 saturated heterocycles. The summed E-state index contributed by atoms with van der Waals surface area (Å²) in [6.07, 6.45) is 0.802. The Labute approximate surface area is 139 Å². The van der Waals surface area contributed by atoms with Gasteiger partial charge >= 0.3 is 0 Å². The van der Waals surface area contributed by atoms with Crippen molar-refractivity contribution in [1.82, 2.24) is 20.7 Å². The monoisotopic (exact) mass is 324 g/mol. The predicted octanol–water partition coefficient (Wildman–Crippen LogP) is 2.59. The van der Waals surface area contributed by atoms with E-state index in [9.17, 15) is 9.90 Å². The van der Waals surface area contributed by atoms with Crippen LogP contribution < -0.4 is 5.32 Å². The molecular formula is C18H20N4O2. The Morgan fingerprint density at radius 2 is 1.92 bits per heavy atom. The van der Waals surface area contributed by atoms with Crippen LogP contribution in [0.25, 0.3) is 11.0 Å². The van der Waals surface area contributed by atoms with Gasteiger partial charge in [-0.3, -0.25) is 4.79 Å². The Kier molecular flexibility index (Phi) is 4.86. The number of benzene rings is 2. The van der Waals surface area contributed by atoms with Crippen LogP contribution in [0, 0.1) is 0 Å². The Hall–Kier alpha value is -2.73. The van der Waals surface area contributed by atoms with Crippen LogP contribution in [0.15, 0.2) is 48.5 Å². The third kappa shape index (κ3) is 3.44. The molecule has 1 amide bonds. The van der Waals surface area contributed by atoms with E-state index < -0.39 is 6.10 Å². The number of H-pyrrole nitrogens is 1. The summed E-state index contributed by atoms with van der Waals surface area (Å²) >= 11 is 0. The number of hydrogen-bond donors (Lipinski definition) is 3. The van der Waals surface area contributed by atoms with Gasteiger partial charge in [-0.1, -0.05) is 43.7 Å². The molecule has 3 rings (SSSR count). The fourth-order valence-corrected chi connectivity index (χ4v) is 2.74. The fourth-order valence-electron chi connectivity index (χ4n) is 2.74. The van der Waals surface area contributed by atoms with E-state index in [1.54, 1.807) is 18.2 Å². The lowest BCUT2D eigenvalue weighted by atomic mass is 9.98. The van der Waals surface area contributed by atoms with E-state index in [2.05, 4.69) is 20.7 Å². The average Bonchev–Trinajstić information content (AvgIpc) is 3.09. The second-order valence-electron chi connectivity index (χ2n) is 5.75. The van der Waals surface area contributed by atoms with Gasteiger partial charge in [0.15, 0.2) is 0 Å². The van der Waals surface area contributed by atoms with Crippen molar-refractivity contribution in [3.8, 4) is 0 Å². The molecule has 24 heavy (non-hydrogen) atoms. The minimum atomic E-state index is -0.745. The van der Waals surface area contributed by atoms with Crippen LogP contribution in [0.2, 0.25) is 0 Å². The number of carbonyl (C=O) groups excluding carboxylic acids is 1. The Bertz CT molecular complexity index is 816. The molecule has 0 saturated carbocycles. The van der Waals surface area contributed by atoms with Crippen molar-refractivity contribution in [3.05, 3.63) is 59.7 Å². The quantitative estimate of drug-likeness (QED) is 0.650. The SMILES string of the molecule is CCC[C@@H](NC(=O)c1ccc2n[nH]nc2c1)[C@@H](O)c1ccccc1. The molecule has 0 bridgehead atoms. The van der Waals surface area contributed by atoms with E-state index in [0.29, 0.717) is 23.0 Å². The van der Waals surface area contributed by atoms with Crippen molar-refractivity contribution in [2.24, 2.45) is 0 Å². The molecule has 0 spiro atoms. The molecule has 1 heterocycles. The van der Waals surface area contributed by atoms with Gasteiger partial charge in [0.1, 0.15) is 11.0 Å². The van der Waals surface area contributed by atoms with Gasteiger partial charge in [0.25, 0.3) is 5.91 Å². The van der Waals surface area contributed by atoms with Crippen LogP contribution in [-0.2, 0) is 0 Å². The molecule has 2 atom stereocenters. The highest BCUT2D eigenvalue weighted by molar-refractivity contribution is 5.97. The molecule has 0 aliphatic heterocycles. The number of aromatic amines is 1. The molecule has 124 valence electrons. The Morgan fingerprint density at radius 3 is 2.67 bits per heavy atom. The number of rotatable bonds is 6. The van der Waals surface area contributed by atoms with Gasteiger partial charge in [0, 0.05) is 5.56 Å². The number of fused-ring (bicyclic) bond motifs is 1. The molecule has 6 heteroatoms. The van der Waals surface area contributed by atoms with E-state index in [1.165, 1.54) is 0 Å². The van der Waals surface area contributed by atoms with E-state index >= 15 is 0 Å². The third-order valence-electron chi connectivity index (χ3n) is 4.02. The molecule has 3 aromatic rings. The first kappa shape index (κ1) is 16.1. The smallest absolute Gasteiger partial charge is 0.251 e. The summed E-state index contributed by atoms with van der Waals surface area (Å²) in [5.41, 5.74) is 2.64. The number of amides is 1. The summed E-state index contributed by atoms with van der Waals surface area (Å²) in [4.78, 5) is 12.6. The summed E-state index contributed by atoms with van der Waals surface area (Å²) in [7, 11) is 0. The molecule has 3 N–H and O–H groups in total. The summed E-state index contributed by atoms with van der Waals surface area (Å²) in [6, 6.07) is 14.2. The molecule has 1 aromatic heterocycles. The zero-order valence-electron chi connectivity index (χ0n) is 13.4. The molecule has 0 radical (unpaired) electrons. The Morgan fingerprint density at radius 1 is 1.17 bits per heavy atom. The molecule has 0 aliphatic rings. The molecule has 2 aromatic carbocycles. The first-order valence-corrected chi connectivity index (χ1v) is 8.03. The van der Waals surface area contributed by atoms with E-state index in [1.807, 2.05) is 37.3 Å². The number of nitrogens with one attached hydrogen (secondary N) is 2. The van der Waals surface area contributed by atoms with Crippen LogP contribution in [0.1, 0.15) is 41.8 Å². The molecule has 0 unspecified atom stereocenters. The van der Waals surface area contributed by atoms with Crippen molar-refractivity contribution >= 4 is 16.9 Å². The van der Waals surface area contributed by atoms with E-state index in [0.717, 1.165) is 12.0 Å². The highest BCUT2D eigenvalue weighted by Gasteiger charge is 2.22. The normalized spacial score (nSPS) is 13.6.